The Hall–Kier alpha value is -1.29. The van der Waals surface area contributed by atoms with E-state index >= 15 is 0 Å². The van der Waals surface area contributed by atoms with Crippen LogP contribution in [-0.2, 0) is 0 Å². The average Bonchev–Trinajstić information content (AvgIpc) is 2.52. The molecule has 0 aromatic carbocycles. The molecule has 0 bridgehead atoms. The van der Waals surface area contributed by atoms with E-state index in [-0.39, 0.29) is 11.3 Å². The van der Waals surface area contributed by atoms with E-state index in [9.17, 15) is 4.79 Å². The molecule has 0 spiro atoms. The molecule has 1 heterocycles. The van der Waals surface area contributed by atoms with Crippen LogP contribution in [0.25, 0.3) is 0 Å². The van der Waals surface area contributed by atoms with Gasteiger partial charge in [-0.15, -0.1) is 0 Å². The number of amides is 1. The topological polar surface area (TPSA) is 59.5 Å². The van der Waals surface area contributed by atoms with Gasteiger partial charge in [0, 0.05) is 19.2 Å². The van der Waals surface area contributed by atoms with Gasteiger partial charge in [0.25, 0.3) is 5.91 Å². The fourth-order valence-corrected chi connectivity index (χ4v) is 2.08. The van der Waals surface area contributed by atoms with E-state index in [0.717, 1.165) is 11.3 Å². The van der Waals surface area contributed by atoms with Crippen LogP contribution in [0.3, 0.4) is 0 Å². The first-order chi connectivity index (χ1) is 8.19. The summed E-state index contributed by atoms with van der Waals surface area (Å²) in [5.41, 5.74) is 7.23. The van der Waals surface area contributed by atoms with Crippen molar-refractivity contribution in [2.75, 3.05) is 20.1 Å². The highest BCUT2D eigenvalue weighted by Gasteiger charge is 2.25. The zero-order valence-electron chi connectivity index (χ0n) is 12.3. The predicted octanol–water partition coefficient (Wildman–Crippen LogP) is 2.26. The van der Waals surface area contributed by atoms with Crippen LogP contribution >= 0.6 is 0 Å². The van der Waals surface area contributed by atoms with E-state index in [1.54, 1.807) is 11.9 Å². The van der Waals surface area contributed by atoms with E-state index in [4.69, 9.17) is 10.2 Å². The second-order valence-electron chi connectivity index (χ2n) is 5.74. The van der Waals surface area contributed by atoms with E-state index in [1.165, 1.54) is 0 Å². The molecule has 0 radical (unpaired) electrons. The first-order valence-electron chi connectivity index (χ1n) is 6.21. The van der Waals surface area contributed by atoms with Crippen LogP contribution in [0.15, 0.2) is 4.42 Å². The first kappa shape index (κ1) is 14.8. The third-order valence-electron chi connectivity index (χ3n) is 3.34. The highest BCUT2D eigenvalue weighted by molar-refractivity contribution is 5.96. The first-order valence-corrected chi connectivity index (χ1v) is 6.21. The molecule has 2 N–H and O–H groups in total. The lowest BCUT2D eigenvalue weighted by Gasteiger charge is -2.29. The minimum Gasteiger partial charge on any atom is -0.466 e. The molecule has 0 unspecified atom stereocenters. The number of nitrogens with zero attached hydrogens (tertiary/aromatic N) is 1. The summed E-state index contributed by atoms with van der Waals surface area (Å²) in [6.07, 6.45) is 0. The molecule has 102 valence electrons. The smallest absolute Gasteiger partial charge is 0.257 e. The van der Waals surface area contributed by atoms with Crippen LogP contribution in [0, 0.1) is 26.2 Å². The standard InChI is InChI=1S/C14H24N2O2/c1-9-10(2)18-11(3)12(9)13(17)16(6)8-14(4,5)7-15/h7-8,15H2,1-6H3. The van der Waals surface area contributed by atoms with Crippen molar-refractivity contribution in [1.29, 1.82) is 0 Å². The van der Waals surface area contributed by atoms with Crippen LogP contribution < -0.4 is 5.73 Å². The summed E-state index contributed by atoms with van der Waals surface area (Å²) in [6, 6.07) is 0. The van der Waals surface area contributed by atoms with Crippen LogP contribution in [0.1, 0.15) is 41.3 Å². The van der Waals surface area contributed by atoms with Crippen molar-refractivity contribution in [2.45, 2.75) is 34.6 Å². The van der Waals surface area contributed by atoms with Gasteiger partial charge >= 0.3 is 0 Å². The monoisotopic (exact) mass is 252 g/mol. The molecule has 0 atom stereocenters. The Morgan fingerprint density at radius 2 is 1.83 bits per heavy atom. The molecule has 0 aliphatic rings. The van der Waals surface area contributed by atoms with E-state index in [2.05, 4.69) is 13.8 Å². The molecular weight excluding hydrogens is 228 g/mol. The molecular formula is C14H24N2O2. The van der Waals surface area contributed by atoms with Crippen molar-refractivity contribution in [3.63, 3.8) is 0 Å². The highest BCUT2D eigenvalue weighted by atomic mass is 16.3. The number of aryl methyl sites for hydroxylation is 2. The summed E-state index contributed by atoms with van der Waals surface area (Å²) in [4.78, 5) is 14.1. The van der Waals surface area contributed by atoms with E-state index in [0.29, 0.717) is 24.4 Å². The quantitative estimate of drug-likeness (QED) is 0.894. The fourth-order valence-electron chi connectivity index (χ4n) is 2.08. The molecule has 4 nitrogen and oxygen atoms in total. The van der Waals surface area contributed by atoms with Crippen molar-refractivity contribution in [2.24, 2.45) is 11.1 Å². The molecule has 1 rings (SSSR count). The summed E-state index contributed by atoms with van der Waals surface area (Å²) in [6.45, 7) is 10.9. The lowest BCUT2D eigenvalue weighted by atomic mass is 9.93. The molecule has 0 fully saturated rings. The summed E-state index contributed by atoms with van der Waals surface area (Å²) in [7, 11) is 1.81. The molecule has 0 saturated heterocycles. The zero-order chi connectivity index (χ0) is 14.1. The summed E-state index contributed by atoms with van der Waals surface area (Å²) in [5.74, 6) is 1.50. The minimum absolute atomic E-state index is 0.00313. The van der Waals surface area contributed by atoms with Gasteiger partial charge in [0.15, 0.2) is 0 Å². The van der Waals surface area contributed by atoms with Crippen molar-refractivity contribution in [3.05, 3.63) is 22.6 Å². The van der Waals surface area contributed by atoms with Crippen molar-refractivity contribution in [1.82, 2.24) is 4.90 Å². The lowest BCUT2D eigenvalue weighted by molar-refractivity contribution is 0.0738. The molecule has 1 aromatic heterocycles. The van der Waals surface area contributed by atoms with E-state index < -0.39 is 0 Å². The highest BCUT2D eigenvalue weighted by Crippen LogP contribution is 2.23. The van der Waals surface area contributed by atoms with E-state index in [1.807, 2.05) is 20.8 Å². The van der Waals surface area contributed by atoms with Gasteiger partial charge in [-0.05, 0) is 32.7 Å². The minimum atomic E-state index is -0.0784. The van der Waals surface area contributed by atoms with Gasteiger partial charge in [-0.2, -0.15) is 0 Å². The van der Waals surface area contributed by atoms with Crippen LogP contribution in [-0.4, -0.2) is 30.9 Å². The predicted molar refractivity (Wildman–Crippen MR) is 72.7 cm³/mol. The van der Waals surface area contributed by atoms with Gasteiger partial charge in [0.1, 0.15) is 11.5 Å². The SMILES string of the molecule is Cc1oc(C)c(C(=O)N(C)CC(C)(C)CN)c1C. The second-order valence-corrected chi connectivity index (χ2v) is 5.74. The number of hydrogen-bond donors (Lipinski definition) is 1. The molecule has 0 aliphatic heterocycles. The Bertz CT molecular complexity index is 447. The molecule has 1 amide bonds. The maximum Gasteiger partial charge on any atom is 0.257 e. The lowest BCUT2D eigenvalue weighted by Crippen LogP contribution is -2.40. The van der Waals surface area contributed by atoms with Gasteiger partial charge in [-0.25, -0.2) is 0 Å². The molecule has 0 aliphatic carbocycles. The van der Waals surface area contributed by atoms with Gasteiger partial charge in [0.05, 0.1) is 5.56 Å². The second kappa shape index (κ2) is 5.14. The Morgan fingerprint density at radius 1 is 1.28 bits per heavy atom. The molecule has 4 heteroatoms. The number of furan rings is 1. The van der Waals surface area contributed by atoms with Crippen molar-refractivity contribution >= 4 is 5.91 Å². The largest absolute Gasteiger partial charge is 0.466 e. The summed E-state index contributed by atoms with van der Waals surface area (Å²) < 4.78 is 5.50. The Morgan fingerprint density at radius 3 is 2.22 bits per heavy atom. The third kappa shape index (κ3) is 2.93. The Labute approximate surface area is 109 Å². The molecule has 1 aromatic rings. The van der Waals surface area contributed by atoms with Gasteiger partial charge in [0.2, 0.25) is 0 Å². The summed E-state index contributed by atoms with van der Waals surface area (Å²) >= 11 is 0. The Kier molecular flexibility index (Phi) is 4.22. The van der Waals surface area contributed by atoms with Crippen LogP contribution in [0.4, 0.5) is 0 Å². The maximum atomic E-state index is 12.4. The Balaban J connectivity index is 2.94. The van der Waals surface area contributed by atoms with Gasteiger partial charge in [-0.3, -0.25) is 4.79 Å². The number of carbonyl (C=O) groups is 1. The number of hydrogen-bond acceptors (Lipinski definition) is 3. The fraction of sp³-hybridized carbons (Fsp3) is 0.643. The third-order valence-corrected chi connectivity index (χ3v) is 3.34. The maximum absolute atomic E-state index is 12.4. The van der Waals surface area contributed by atoms with Crippen LogP contribution in [0.5, 0.6) is 0 Å². The van der Waals surface area contributed by atoms with Crippen molar-refractivity contribution < 1.29 is 9.21 Å². The average molecular weight is 252 g/mol. The summed E-state index contributed by atoms with van der Waals surface area (Å²) in [5, 5.41) is 0. The number of rotatable bonds is 4. The number of carbonyl (C=O) groups excluding carboxylic acids is 1. The van der Waals surface area contributed by atoms with Gasteiger partial charge < -0.3 is 15.1 Å². The molecule has 0 saturated carbocycles. The number of nitrogens with two attached hydrogens (primary N) is 1. The van der Waals surface area contributed by atoms with Crippen molar-refractivity contribution in [3.8, 4) is 0 Å². The normalized spacial score (nSPS) is 11.7. The van der Waals surface area contributed by atoms with Gasteiger partial charge in [-0.1, -0.05) is 13.8 Å². The van der Waals surface area contributed by atoms with Crippen LogP contribution in [0.2, 0.25) is 0 Å². The zero-order valence-corrected chi connectivity index (χ0v) is 12.3. The molecule has 18 heavy (non-hydrogen) atoms.